The van der Waals surface area contributed by atoms with Gasteiger partial charge in [-0.3, -0.25) is 9.59 Å². The van der Waals surface area contributed by atoms with Gasteiger partial charge in [0, 0.05) is 25.2 Å². The van der Waals surface area contributed by atoms with Crippen molar-refractivity contribution in [1.29, 1.82) is 0 Å². The zero-order valence-corrected chi connectivity index (χ0v) is 9.81. The number of benzene rings is 1. The summed E-state index contributed by atoms with van der Waals surface area (Å²) in [5.41, 5.74) is 0.230. The van der Waals surface area contributed by atoms with E-state index in [0.29, 0.717) is 6.54 Å². The van der Waals surface area contributed by atoms with Crippen molar-refractivity contribution in [3.8, 4) is 0 Å². The zero-order chi connectivity index (χ0) is 12.8. The van der Waals surface area contributed by atoms with Crippen LogP contribution in [0.5, 0.6) is 0 Å². The highest BCUT2D eigenvalue weighted by Gasteiger charge is 2.05. The van der Waals surface area contributed by atoms with Crippen LogP contribution in [0.3, 0.4) is 0 Å². The van der Waals surface area contributed by atoms with E-state index in [9.17, 15) is 14.0 Å². The van der Waals surface area contributed by atoms with Crippen molar-refractivity contribution in [2.24, 2.45) is 0 Å². The molecule has 1 amide bonds. The van der Waals surface area contributed by atoms with E-state index in [1.165, 1.54) is 29.2 Å². The fourth-order valence-electron chi connectivity index (χ4n) is 1.17. The number of hydrogen-bond acceptors (Lipinski definition) is 2. The van der Waals surface area contributed by atoms with Crippen LogP contribution < -0.4 is 0 Å². The SMILES string of the molecule is CCN(C)C(=O)/C=C/C(=O)c1cccc(F)c1. The van der Waals surface area contributed by atoms with Gasteiger partial charge in [0.05, 0.1) is 0 Å². The average Bonchev–Trinajstić information content (AvgIpc) is 2.34. The molecule has 17 heavy (non-hydrogen) atoms. The lowest BCUT2D eigenvalue weighted by molar-refractivity contribution is -0.124. The van der Waals surface area contributed by atoms with Crippen LogP contribution in [0.4, 0.5) is 4.39 Å². The minimum Gasteiger partial charge on any atom is -0.343 e. The van der Waals surface area contributed by atoms with Crippen molar-refractivity contribution < 1.29 is 14.0 Å². The van der Waals surface area contributed by atoms with Gasteiger partial charge in [-0.1, -0.05) is 12.1 Å². The molecule has 0 heterocycles. The van der Waals surface area contributed by atoms with Crippen molar-refractivity contribution in [2.45, 2.75) is 6.92 Å². The van der Waals surface area contributed by atoms with Crippen LogP contribution in [0.15, 0.2) is 36.4 Å². The van der Waals surface area contributed by atoms with E-state index in [0.717, 1.165) is 12.1 Å². The molecule has 1 rings (SSSR count). The van der Waals surface area contributed by atoms with Gasteiger partial charge < -0.3 is 4.90 Å². The normalized spacial score (nSPS) is 10.5. The molecule has 0 N–H and O–H groups in total. The Morgan fingerprint density at radius 2 is 2.06 bits per heavy atom. The highest BCUT2D eigenvalue weighted by molar-refractivity contribution is 6.07. The van der Waals surface area contributed by atoms with E-state index < -0.39 is 5.82 Å². The number of rotatable bonds is 4. The number of nitrogens with zero attached hydrogens (tertiary/aromatic N) is 1. The Morgan fingerprint density at radius 3 is 2.65 bits per heavy atom. The monoisotopic (exact) mass is 235 g/mol. The lowest BCUT2D eigenvalue weighted by atomic mass is 10.1. The number of ketones is 1. The van der Waals surface area contributed by atoms with Gasteiger partial charge in [0.2, 0.25) is 5.91 Å². The first kappa shape index (κ1) is 13.1. The Bertz CT molecular complexity index is 454. The summed E-state index contributed by atoms with van der Waals surface area (Å²) in [6, 6.07) is 5.36. The van der Waals surface area contributed by atoms with E-state index in [-0.39, 0.29) is 17.3 Å². The Morgan fingerprint density at radius 1 is 1.35 bits per heavy atom. The molecule has 0 aromatic heterocycles. The summed E-state index contributed by atoms with van der Waals surface area (Å²) < 4.78 is 12.9. The molecular weight excluding hydrogens is 221 g/mol. The second-order valence-electron chi connectivity index (χ2n) is 3.56. The quantitative estimate of drug-likeness (QED) is 0.591. The number of hydrogen-bond donors (Lipinski definition) is 0. The lowest BCUT2D eigenvalue weighted by Crippen LogP contribution is -2.24. The molecule has 0 atom stereocenters. The highest BCUT2D eigenvalue weighted by Crippen LogP contribution is 2.05. The van der Waals surface area contributed by atoms with E-state index in [1.54, 1.807) is 7.05 Å². The number of amides is 1. The van der Waals surface area contributed by atoms with Gasteiger partial charge in [0.1, 0.15) is 5.82 Å². The van der Waals surface area contributed by atoms with Crippen LogP contribution in [-0.2, 0) is 4.79 Å². The van der Waals surface area contributed by atoms with Crippen LogP contribution in [0, 0.1) is 5.82 Å². The van der Waals surface area contributed by atoms with Gasteiger partial charge in [-0.05, 0) is 25.1 Å². The van der Waals surface area contributed by atoms with Gasteiger partial charge >= 0.3 is 0 Å². The van der Waals surface area contributed by atoms with Crippen molar-refractivity contribution in [2.75, 3.05) is 13.6 Å². The standard InChI is InChI=1S/C13H14FNO2/c1-3-15(2)13(17)8-7-12(16)10-5-4-6-11(14)9-10/h4-9H,3H2,1-2H3/b8-7+. The van der Waals surface area contributed by atoms with Gasteiger partial charge in [-0.25, -0.2) is 4.39 Å². The predicted octanol–water partition coefficient (Wildman–Crippen LogP) is 2.04. The van der Waals surface area contributed by atoms with Crippen LogP contribution in [0.1, 0.15) is 17.3 Å². The van der Waals surface area contributed by atoms with E-state index >= 15 is 0 Å². The summed E-state index contributed by atoms with van der Waals surface area (Å²) in [5, 5.41) is 0. The number of allylic oxidation sites excluding steroid dienone is 1. The summed E-state index contributed by atoms with van der Waals surface area (Å²) >= 11 is 0. The molecule has 0 bridgehead atoms. The minimum absolute atomic E-state index is 0.230. The van der Waals surface area contributed by atoms with E-state index in [4.69, 9.17) is 0 Å². The second-order valence-corrected chi connectivity index (χ2v) is 3.56. The van der Waals surface area contributed by atoms with E-state index in [2.05, 4.69) is 0 Å². The molecular formula is C13H14FNO2. The first-order valence-electron chi connectivity index (χ1n) is 5.27. The molecule has 0 radical (unpaired) electrons. The third-order valence-corrected chi connectivity index (χ3v) is 2.34. The Balaban J connectivity index is 2.73. The second kappa shape index (κ2) is 5.94. The maximum absolute atomic E-state index is 12.9. The third-order valence-electron chi connectivity index (χ3n) is 2.34. The summed E-state index contributed by atoms with van der Waals surface area (Å²) in [5.74, 6) is -1.11. The van der Waals surface area contributed by atoms with Gasteiger partial charge in [0.15, 0.2) is 5.78 Å². The Labute approximate surface area is 99.5 Å². The first-order valence-corrected chi connectivity index (χ1v) is 5.27. The third kappa shape index (κ3) is 3.83. The smallest absolute Gasteiger partial charge is 0.246 e. The van der Waals surface area contributed by atoms with Gasteiger partial charge in [0.25, 0.3) is 0 Å². The fourth-order valence-corrected chi connectivity index (χ4v) is 1.17. The van der Waals surface area contributed by atoms with Gasteiger partial charge in [-0.2, -0.15) is 0 Å². The van der Waals surface area contributed by atoms with Crippen LogP contribution in [0.2, 0.25) is 0 Å². The molecule has 0 saturated heterocycles. The molecule has 0 fully saturated rings. The fraction of sp³-hybridized carbons (Fsp3) is 0.231. The first-order chi connectivity index (χ1) is 8.04. The van der Waals surface area contributed by atoms with Crippen LogP contribution in [-0.4, -0.2) is 30.2 Å². The largest absolute Gasteiger partial charge is 0.343 e. The Hall–Kier alpha value is -1.97. The molecule has 4 heteroatoms. The molecule has 0 spiro atoms. The molecule has 0 unspecified atom stereocenters. The van der Waals surface area contributed by atoms with Crippen molar-refractivity contribution in [3.63, 3.8) is 0 Å². The summed E-state index contributed by atoms with van der Waals surface area (Å²) in [4.78, 5) is 24.4. The minimum atomic E-state index is -0.471. The highest BCUT2D eigenvalue weighted by atomic mass is 19.1. The number of carbonyl (C=O) groups excluding carboxylic acids is 2. The number of likely N-dealkylation sites (N-methyl/N-ethyl adjacent to an activating group) is 1. The van der Waals surface area contributed by atoms with Crippen LogP contribution >= 0.6 is 0 Å². The topological polar surface area (TPSA) is 37.4 Å². The van der Waals surface area contributed by atoms with Crippen molar-refractivity contribution in [1.82, 2.24) is 4.90 Å². The van der Waals surface area contributed by atoms with E-state index in [1.807, 2.05) is 6.92 Å². The lowest BCUT2D eigenvalue weighted by Gasteiger charge is -2.10. The summed E-state index contributed by atoms with van der Waals surface area (Å²) in [6.07, 6.45) is 2.35. The maximum Gasteiger partial charge on any atom is 0.246 e. The summed E-state index contributed by atoms with van der Waals surface area (Å²) in [6.45, 7) is 2.40. The Kier molecular flexibility index (Phi) is 4.57. The van der Waals surface area contributed by atoms with Crippen LogP contribution in [0.25, 0.3) is 0 Å². The molecule has 3 nitrogen and oxygen atoms in total. The summed E-state index contributed by atoms with van der Waals surface area (Å²) in [7, 11) is 1.64. The molecule has 1 aromatic carbocycles. The number of carbonyl (C=O) groups is 2. The maximum atomic E-state index is 12.9. The molecule has 90 valence electrons. The number of halogens is 1. The average molecular weight is 235 g/mol. The van der Waals surface area contributed by atoms with Crippen molar-refractivity contribution in [3.05, 3.63) is 47.8 Å². The van der Waals surface area contributed by atoms with Crippen molar-refractivity contribution >= 4 is 11.7 Å². The molecule has 0 aliphatic carbocycles. The molecule has 0 aliphatic heterocycles. The van der Waals surface area contributed by atoms with Gasteiger partial charge in [-0.15, -0.1) is 0 Å². The molecule has 1 aromatic rings. The molecule has 0 aliphatic rings. The predicted molar refractivity (Wildman–Crippen MR) is 63.2 cm³/mol. The molecule has 0 saturated carbocycles. The zero-order valence-electron chi connectivity index (χ0n) is 9.81.